The summed E-state index contributed by atoms with van der Waals surface area (Å²) >= 11 is 0. The molecule has 33 heavy (non-hydrogen) atoms. The minimum atomic E-state index is -2.61. The van der Waals surface area contributed by atoms with E-state index in [4.69, 9.17) is 9.47 Å². The number of aromatic amines is 1. The number of alkyl halides is 3. The Kier molecular flexibility index (Phi) is 6.56. The first-order chi connectivity index (χ1) is 15.8. The third-order valence-electron chi connectivity index (χ3n) is 5.13. The van der Waals surface area contributed by atoms with E-state index in [-0.39, 0.29) is 11.9 Å². The van der Waals surface area contributed by atoms with Crippen molar-refractivity contribution in [2.75, 3.05) is 11.9 Å². The highest BCUT2D eigenvalue weighted by Gasteiger charge is 2.40. The molecule has 178 valence electrons. The molecule has 3 atom stereocenters. The first-order valence-electron chi connectivity index (χ1n) is 10.5. The Balaban J connectivity index is 1.43. The molecule has 10 nitrogen and oxygen atoms in total. The molecule has 13 heteroatoms. The summed E-state index contributed by atoms with van der Waals surface area (Å²) in [6.45, 7) is 2.82. The number of alkyl carbamates (subject to hydrolysis) is 1. The fourth-order valence-electron chi connectivity index (χ4n) is 3.71. The third-order valence-corrected chi connectivity index (χ3v) is 5.13. The van der Waals surface area contributed by atoms with Gasteiger partial charge >= 0.3 is 6.09 Å². The minimum absolute atomic E-state index is 0.0350. The molecule has 0 saturated heterocycles. The Morgan fingerprint density at radius 1 is 1.33 bits per heavy atom. The number of aromatic nitrogens is 5. The van der Waals surface area contributed by atoms with E-state index in [9.17, 15) is 18.0 Å². The Hall–Kier alpha value is -3.51. The van der Waals surface area contributed by atoms with Crippen molar-refractivity contribution >= 4 is 23.2 Å². The molecule has 0 unspecified atom stereocenters. The van der Waals surface area contributed by atoms with Gasteiger partial charge in [-0.1, -0.05) is 0 Å². The summed E-state index contributed by atoms with van der Waals surface area (Å²) in [5.74, 6) is 0.284. The number of anilines is 2. The largest absolute Gasteiger partial charge is 0.471 e. The second-order valence-corrected chi connectivity index (χ2v) is 7.99. The van der Waals surface area contributed by atoms with Crippen LogP contribution in [0.1, 0.15) is 38.3 Å². The summed E-state index contributed by atoms with van der Waals surface area (Å²) in [6, 6.07) is 3.03. The Morgan fingerprint density at radius 2 is 2.15 bits per heavy atom. The molecule has 0 bridgehead atoms. The number of H-pyrrole nitrogens is 1. The zero-order valence-corrected chi connectivity index (χ0v) is 18.0. The molecular formula is C20H24F3N7O3. The van der Waals surface area contributed by atoms with Gasteiger partial charge in [0.05, 0.1) is 0 Å². The number of nitrogens with zero attached hydrogens (tertiary/aromatic N) is 4. The van der Waals surface area contributed by atoms with Gasteiger partial charge in [0, 0.05) is 42.2 Å². The van der Waals surface area contributed by atoms with Crippen LogP contribution in [0.25, 0.3) is 5.52 Å². The molecule has 1 aliphatic rings. The highest BCUT2D eigenvalue weighted by Crippen LogP contribution is 2.38. The van der Waals surface area contributed by atoms with E-state index in [1.807, 2.05) is 0 Å². The Morgan fingerprint density at radius 3 is 2.91 bits per heavy atom. The van der Waals surface area contributed by atoms with Crippen molar-refractivity contribution in [3.8, 4) is 5.88 Å². The van der Waals surface area contributed by atoms with Crippen LogP contribution in [-0.2, 0) is 4.74 Å². The van der Waals surface area contributed by atoms with Crippen LogP contribution in [0.2, 0.25) is 0 Å². The molecule has 1 fully saturated rings. The standard InChI is InChI=1S/C20H24F3N7O3/c1-10(2)25-20(31)33-14-4-3-11(18(14)23)12-7-16(28-27-12)26-19-13-8-17(32-9-15(21)22)29-30(13)6-5-24-19/h5-8,10-11,14-15,18H,3-4,9H2,1-2H3,(H,25,31)(H2,24,26,27,28)/t11-,14-,18-/m0/s1. The highest BCUT2D eigenvalue weighted by atomic mass is 19.3. The predicted molar refractivity (Wildman–Crippen MR) is 112 cm³/mol. The number of carbonyl (C=O) groups excluding carboxylic acids is 1. The predicted octanol–water partition coefficient (Wildman–Crippen LogP) is 3.56. The first kappa shape index (κ1) is 22.7. The number of nitrogens with one attached hydrogen (secondary N) is 3. The van der Waals surface area contributed by atoms with Crippen LogP contribution in [0.15, 0.2) is 24.5 Å². The van der Waals surface area contributed by atoms with Crippen LogP contribution in [0.3, 0.4) is 0 Å². The zero-order chi connectivity index (χ0) is 23.5. The van der Waals surface area contributed by atoms with Crippen LogP contribution < -0.4 is 15.4 Å². The van der Waals surface area contributed by atoms with E-state index in [2.05, 4.69) is 30.9 Å². The lowest BCUT2D eigenvalue weighted by Gasteiger charge is -2.18. The number of carbonyl (C=O) groups is 1. The molecule has 3 N–H and O–H groups in total. The Labute approximate surface area is 186 Å². The van der Waals surface area contributed by atoms with Gasteiger partial charge in [-0.2, -0.15) is 5.10 Å². The van der Waals surface area contributed by atoms with Gasteiger partial charge in [-0.05, 0) is 26.7 Å². The quantitative estimate of drug-likeness (QED) is 0.464. The summed E-state index contributed by atoms with van der Waals surface area (Å²) in [6.07, 6.45) is -1.54. The average molecular weight is 467 g/mol. The van der Waals surface area contributed by atoms with Crippen molar-refractivity contribution in [3.05, 3.63) is 30.2 Å². The molecule has 1 aliphatic carbocycles. The molecule has 0 radical (unpaired) electrons. The Bertz CT molecular complexity index is 1100. The van der Waals surface area contributed by atoms with E-state index in [0.717, 1.165) is 0 Å². The highest BCUT2D eigenvalue weighted by molar-refractivity contribution is 5.72. The van der Waals surface area contributed by atoms with E-state index >= 15 is 0 Å². The van der Waals surface area contributed by atoms with Crippen molar-refractivity contribution in [2.45, 2.75) is 57.3 Å². The number of hydrogen-bond acceptors (Lipinski definition) is 7. The molecule has 3 aromatic heterocycles. The molecule has 3 aromatic rings. The first-order valence-corrected chi connectivity index (χ1v) is 10.5. The van der Waals surface area contributed by atoms with Crippen LogP contribution in [0.4, 0.5) is 29.6 Å². The van der Waals surface area contributed by atoms with Crippen LogP contribution in [-0.4, -0.2) is 62.2 Å². The molecule has 0 spiro atoms. The molecule has 0 aliphatic heterocycles. The number of halogens is 3. The van der Waals surface area contributed by atoms with E-state index in [1.54, 1.807) is 26.1 Å². The number of fused-ring (bicyclic) bond motifs is 1. The van der Waals surface area contributed by atoms with Crippen molar-refractivity contribution in [2.24, 2.45) is 0 Å². The molecular weight excluding hydrogens is 443 g/mol. The number of rotatable bonds is 8. The van der Waals surface area contributed by atoms with Crippen molar-refractivity contribution < 1.29 is 27.4 Å². The minimum Gasteiger partial charge on any atom is -0.471 e. The van der Waals surface area contributed by atoms with Gasteiger partial charge in [0.1, 0.15) is 17.8 Å². The maximum Gasteiger partial charge on any atom is 0.407 e. The van der Waals surface area contributed by atoms with E-state index < -0.39 is 37.3 Å². The molecule has 4 rings (SSSR count). The summed E-state index contributed by atoms with van der Waals surface area (Å²) in [5.41, 5.74) is 1.04. The smallest absolute Gasteiger partial charge is 0.407 e. The molecule has 3 heterocycles. The van der Waals surface area contributed by atoms with Crippen LogP contribution >= 0.6 is 0 Å². The van der Waals surface area contributed by atoms with Gasteiger partial charge in [0.15, 0.2) is 18.2 Å². The number of hydrogen-bond donors (Lipinski definition) is 3. The van der Waals surface area contributed by atoms with Gasteiger partial charge in [-0.25, -0.2) is 27.5 Å². The lowest BCUT2D eigenvalue weighted by Crippen LogP contribution is -2.36. The normalized spacial score (nSPS) is 20.5. The van der Waals surface area contributed by atoms with Gasteiger partial charge in [0.2, 0.25) is 5.88 Å². The number of amides is 1. The van der Waals surface area contributed by atoms with Gasteiger partial charge in [0.25, 0.3) is 6.43 Å². The fraction of sp³-hybridized carbons (Fsp3) is 0.500. The van der Waals surface area contributed by atoms with Crippen LogP contribution in [0.5, 0.6) is 5.88 Å². The summed E-state index contributed by atoms with van der Waals surface area (Å²) in [7, 11) is 0. The zero-order valence-electron chi connectivity index (χ0n) is 18.0. The second-order valence-electron chi connectivity index (χ2n) is 7.99. The molecule has 0 aromatic carbocycles. The lowest BCUT2D eigenvalue weighted by atomic mass is 10.0. The average Bonchev–Trinajstić information content (AvgIpc) is 3.45. The van der Waals surface area contributed by atoms with Crippen molar-refractivity contribution in [1.29, 1.82) is 0 Å². The topological polar surface area (TPSA) is 118 Å². The monoisotopic (exact) mass is 467 g/mol. The molecule has 1 amide bonds. The van der Waals surface area contributed by atoms with Gasteiger partial charge in [-0.15, -0.1) is 5.10 Å². The van der Waals surface area contributed by atoms with Crippen molar-refractivity contribution in [3.63, 3.8) is 0 Å². The second kappa shape index (κ2) is 9.55. The maximum absolute atomic E-state index is 14.9. The van der Waals surface area contributed by atoms with Crippen LogP contribution in [0, 0.1) is 0 Å². The lowest BCUT2D eigenvalue weighted by molar-refractivity contribution is 0.0555. The SMILES string of the molecule is CC(C)NC(=O)O[C@H]1CC[C@@H](c2cc(Nc3nccn4nc(OCC(F)F)cc34)n[nH]2)[C@@H]1F. The maximum atomic E-state index is 14.9. The van der Waals surface area contributed by atoms with E-state index in [1.165, 1.54) is 16.8 Å². The fourth-order valence-corrected chi connectivity index (χ4v) is 3.71. The summed E-state index contributed by atoms with van der Waals surface area (Å²) < 4.78 is 51.3. The van der Waals surface area contributed by atoms with Gasteiger partial charge in [-0.3, -0.25) is 5.10 Å². The van der Waals surface area contributed by atoms with E-state index in [0.29, 0.717) is 35.7 Å². The van der Waals surface area contributed by atoms with Gasteiger partial charge < -0.3 is 20.1 Å². The number of ether oxygens (including phenoxy) is 2. The molecule has 1 saturated carbocycles. The van der Waals surface area contributed by atoms with Crippen molar-refractivity contribution in [1.82, 2.24) is 30.1 Å². The summed E-state index contributed by atoms with van der Waals surface area (Å²) in [5, 5.41) is 16.7. The third kappa shape index (κ3) is 5.29. The summed E-state index contributed by atoms with van der Waals surface area (Å²) in [4.78, 5) is 16.0.